The van der Waals surface area contributed by atoms with Gasteiger partial charge >= 0.3 is 6.09 Å². The Bertz CT molecular complexity index is 1180. The molecule has 0 radical (unpaired) electrons. The first-order chi connectivity index (χ1) is 18.4. The Morgan fingerprint density at radius 2 is 1.85 bits per heavy atom. The number of carbonyl (C=O) groups is 4. The molecule has 0 aromatic rings. The predicted molar refractivity (Wildman–Crippen MR) is 140 cm³/mol. The van der Waals surface area contributed by atoms with E-state index in [1.54, 1.807) is 26.2 Å². The van der Waals surface area contributed by atoms with Crippen molar-refractivity contribution in [3.63, 3.8) is 0 Å². The van der Waals surface area contributed by atoms with Crippen molar-refractivity contribution in [1.29, 1.82) is 0 Å². The Kier molecular flexibility index (Phi) is 9.65. The number of rotatable bonds is 3. The number of Topliss-reactive ketones (excluding diaryl/α,β-unsaturated/α-hetero) is 1. The van der Waals surface area contributed by atoms with Crippen molar-refractivity contribution in [2.24, 2.45) is 17.6 Å². The summed E-state index contributed by atoms with van der Waals surface area (Å²) in [5, 5.41) is 13.6. The second-order valence-electron chi connectivity index (χ2n) is 10.0. The van der Waals surface area contributed by atoms with Crippen molar-refractivity contribution in [3.8, 4) is 0 Å². The molecule has 0 aromatic carbocycles. The highest BCUT2D eigenvalue weighted by molar-refractivity contribution is 6.48. The second kappa shape index (κ2) is 12.5. The summed E-state index contributed by atoms with van der Waals surface area (Å²) in [4.78, 5) is 50.2. The van der Waals surface area contributed by atoms with Crippen LogP contribution in [-0.4, -0.2) is 73.4 Å². The minimum absolute atomic E-state index is 0.185. The molecule has 2 amide bonds. The summed E-state index contributed by atoms with van der Waals surface area (Å²) in [6, 6.07) is 0. The molecule has 11 nitrogen and oxygen atoms in total. The van der Waals surface area contributed by atoms with Gasteiger partial charge in [0.05, 0.1) is 29.6 Å². The number of hydrogen-bond donors (Lipinski definition) is 3. The van der Waals surface area contributed by atoms with Crippen LogP contribution < -0.4 is 11.1 Å². The fourth-order valence-electron chi connectivity index (χ4n) is 5.13. The third-order valence-electron chi connectivity index (χ3n) is 7.19. The number of amides is 2. The van der Waals surface area contributed by atoms with Crippen molar-refractivity contribution < 1.29 is 43.2 Å². The fraction of sp³-hybridized carbons (Fsp3) is 0.500. The average molecular weight is 545 g/mol. The van der Waals surface area contributed by atoms with E-state index in [1.807, 2.05) is 19.9 Å². The van der Waals surface area contributed by atoms with Crippen LogP contribution in [0.5, 0.6) is 0 Å². The lowest BCUT2D eigenvalue weighted by molar-refractivity contribution is -0.156. The third-order valence-corrected chi connectivity index (χ3v) is 7.19. The lowest BCUT2D eigenvalue weighted by Crippen LogP contribution is -2.50. The maximum Gasteiger partial charge on any atom is 0.405 e. The van der Waals surface area contributed by atoms with E-state index in [-0.39, 0.29) is 34.8 Å². The van der Waals surface area contributed by atoms with Gasteiger partial charge in [-0.3, -0.25) is 14.4 Å². The molecular formula is C28H36N2O9. The van der Waals surface area contributed by atoms with Crippen molar-refractivity contribution in [3.05, 3.63) is 58.6 Å². The van der Waals surface area contributed by atoms with Gasteiger partial charge < -0.3 is 35.1 Å². The third kappa shape index (κ3) is 6.55. The molecule has 0 saturated carbocycles. The molecule has 1 fully saturated rings. The highest BCUT2D eigenvalue weighted by atomic mass is 16.6. The molecule has 3 aliphatic rings. The fourth-order valence-corrected chi connectivity index (χ4v) is 5.13. The standard InChI is InChI=1S/C28H36N2O9/c1-13-8-7-9-19(36-5)24(39-28(29)35)14(2)10-15(3)25-20(37-6)11-16(4)26(38-25)21-22(32)17(30-27(13)34)12-18(31)23(21)33/h7-10,12,15-16,19-20,24-26,32H,11H2,1-6H3,(H2,29,35)(H,30,34)/b9-7-,13-8?,14-10+/t15-,16-,19-,20-,24-,25+,26?/m0/s1. The summed E-state index contributed by atoms with van der Waals surface area (Å²) in [7, 11) is 3.00. The molecule has 11 heteroatoms. The number of nitrogens with two attached hydrogens (primary N) is 1. The van der Waals surface area contributed by atoms with E-state index in [2.05, 4.69) is 5.32 Å². The van der Waals surface area contributed by atoms with Crippen LogP contribution in [0.3, 0.4) is 0 Å². The molecule has 212 valence electrons. The highest BCUT2D eigenvalue weighted by Crippen LogP contribution is 2.37. The summed E-state index contributed by atoms with van der Waals surface area (Å²) in [6.07, 6.45) is 3.29. The maximum atomic E-state index is 13.0. The number of ketones is 2. The van der Waals surface area contributed by atoms with Gasteiger partial charge in [0.15, 0.2) is 6.10 Å². The number of primary amides is 1. The lowest BCUT2D eigenvalue weighted by Gasteiger charge is -2.43. The molecule has 7 atom stereocenters. The van der Waals surface area contributed by atoms with Gasteiger partial charge in [-0.05, 0) is 31.8 Å². The van der Waals surface area contributed by atoms with Gasteiger partial charge in [-0.2, -0.15) is 0 Å². The molecule has 3 rings (SSSR count). The van der Waals surface area contributed by atoms with Gasteiger partial charge in [0, 0.05) is 31.8 Å². The van der Waals surface area contributed by atoms with Crippen LogP contribution >= 0.6 is 0 Å². The van der Waals surface area contributed by atoms with Crippen molar-refractivity contribution in [2.75, 3.05) is 14.2 Å². The Morgan fingerprint density at radius 1 is 1.15 bits per heavy atom. The van der Waals surface area contributed by atoms with Gasteiger partial charge in [0.2, 0.25) is 11.6 Å². The van der Waals surface area contributed by atoms with Gasteiger partial charge in [-0.1, -0.05) is 38.2 Å². The van der Waals surface area contributed by atoms with Crippen molar-refractivity contribution in [1.82, 2.24) is 5.32 Å². The van der Waals surface area contributed by atoms with E-state index in [0.29, 0.717) is 12.0 Å². The first-order valence-electron chi connectivity index (χ1n) is 12.6. The van der Waals surface area contributed by atoms with E-state index in [0.717, 1.165) is 6.08 Å². The van der Waals surface area contributed by atoms with E-state index in [4.69, 9.17) is 24.7 Å². The maximum absolute atomic E-state index is 13.0. The number of nitrogens with one attached hydrogen (secondary N) is 1. The van der Waals surface area contributed by atoms with Crippen molar-refractivity contribution in [2.45, 2.75) is 64.6 Å². The molecular weight excluding hydrogens is 508 g/mol. The Labute approximate surface area is 227 Å². The van der Waals surface area contributed by atoms with E-state index < -0.39 is 53.7 Å². The molecule has 4 bridgehead atoms. The van der Waals surface area contributed by atoms with Gasteiger partial charge in [-0.15, -0.1) is 0 Å². The van der Waals surface area contributed by atoms with Crippen LogP contribution in [0.2, 0.25) is 0 Å². The van der Waals surface area contributed by atoms with Gasteiger partial charge in [0.1, 0.15) is 11.9 Å². The topological polar surface area (TPSA) is 163 Å². The van der Waals surface area contributed by atoms with Gasteiger partial charge in [-0.25, -0.2) is 4.79 Å². The molecule has 1 aliphatic carbocycles. The van der Waals surface area contributed by atoms with Gasteiger partial charge in [0.25, 0.3) is 5.91 Å². The number of ether oxygens (including phenoxy) is 4. The van der Waals surface area contributed by atoms with Crippen LogP contribution in [0, 0.1) is 11.8 Å². The summed E-state index contributed by atoms with van der Waals surface area (Å²) in [6.45, 7) is 6.99. The zero-order valence-electron chi connectivity index (χ0n) is 22.9. The zero-order valence-corrected chi connectivity index (χ0v) is 22.9. The SMILES string of the molecule is CO[C@H]1/C=C\C=C(C)C(=O)NC2=CC(=O)C(=O)C(=C2O)C2O[C@@H]([C@@H](OC)C[C@@H]2C)[C@@H](C)/C=C(\C)[C@@H]1OC(N)=O. The Hall–Kier alpha value is -3.54. The molecule has 39 heavy (non-hydrogen) atoms. The monoisotopic (exact) mass is 544 g/mol. The number of allylic oxidation sites excluding steroid dienone is 3. The average Bonchev–Trinajstić information content (AvgIpc) is 2.88. The summed E-state index contributed by atoms with van der Waals surface area (Å²) < 4.78 is 23.1. The molecule has 2 heterocycles. The molecule has 0 aromatic heterocycles. The minimum Gasteiger partial charge on any atom is -0.505 e. The zero-order chi connectivity index (χ0) is 29.0. The quantitative estimate of drug-likeness (QED) is 0.275. The minimum atomic E-state index is -0.989. The lowest BCUT2D eigenvalue weighted by atomic mass is 9.80. The van der Waals surface area contributed by atoms with Crippen LogP contribution in [0.15, 0.2) is 58.6 Å². The normalized spacial score (nSPS) is 34.7. The van der Waals surface area contributed by atoms with E-state index in [1.165, 1.54) is 20.1 Å². The van der Waals surface area contributed by atoms with E-state index >= 15 is 0 Å². The summed E-state index contributed by atoms with van der Waals surface area (Å²) in [5.41, 5.74) is 5.80. The number of methoxy groups -OCH3 is 2. The molecule has 1 unspecified atom stereocenters. The molecule has 0 spiro atoms. The number of aliphatic hydroxyl groups is 1. The summed E-state index contributed by atoms with van der Waals surface area (Å²) in [5.74, 6) is -3.55. The van der Waals surface area contributed by atoms with Crippen LogP contribution in [0.25, 0.3) is 0 Å². The first kappa shape index (κ1) is 30.0. The first-order valence-corrected chi connectivity index (χ1v) is 12.6. The Morgan fingerprint density at radius 3 is 2.46 bits per heavy atom. The summed E-state index contributed by atoms with van der Waals surface area (Å²) >= 11 is 0. The Balaban J connectivity index is 2.18. The number of aliphatic hydroxyl groups excluding tert-OH is 1. The highest BCUT2D eigenvalue weighted by Gasteiger charge is 2.45. The van der Waals surface area contributed by atoms with Crippen LogP contribution in [-0.2, 0) is 33.3 Å². The van der Waals surface area contributed by atoms with Crippen molar-refractivity contribution >= 4 is 23.6 Å². The largest absolute Gasteiger partial charge is 0.505 e. The van der Waals surface area contributed by atoms with E-state index in [9.17, 15) is 24.3 Å². The molecule has 4 N–H and O–H groups in total. The molecule has 2 aliphatic heterocycles. The predicted octanol–water partition coefficient (Wildman–Crippen LogP) is 2.34. The number of fused-ring (bicyclic) bond motifs is 4. The smallest absolute Gasteiger partial charge is 0.405 e. The number of carbonyl (C=O) groups excluding carboxylic acids is 4. The number of hydrogen-bond acceptors (Lipinski definition) is 9. The molecule has 1 saturated heterocycles. The second-order valence-corrected chi connectivity index (χ2v) is 10.0. The van der Waals surface area contributed by atoms with Crippen LogP contribution in [0.4, 0.5) is 4.79 Å². The van der Waals surface area contributed by atoms with Crippen LogP contribution in [0.1, 0.15) is 34.1 Å².